The maximum atomic E-state index is 9.42. The lowest BCUT2D eigenvalue weighted by molar-refractivity contribution is 0.475. The molecule has 0 aliphatic heterocycles. The molecule has 2 aromatic rings. The van der Waals surface area contributed by atoms with Crippen LogP contribution < -0.4 is 5.32 Å². The molecule has 0 amide bonds. The van der Waals surface area contributed by atoms with Crippen molar-refractivity contribution in [2.24, 2.45) is 0 Å². The number of rotatable bonds is 5. The standard InChI is InChI=1S/C18H23NO/c1-13-5-4-6-16(11-13)8-7-15(3)19-18-10-9-17(20)12-14(18)2/h4-6,9-12,15,19-20H,7-8H2,1-3H3. The van der Waals surface area contributed by atoms with E-state index in [-0.39, 0.29) is 0 Å². The Morgan fingerprint density at radius 3 is 2.60 bits per heavy atom. The number of hydrogen-bond acceptors (Lipinski definition) is 2. The Bertz CT molecular complexity index is 577. The number of benzene rings is 2. The van der Waals surface area contributed by atoms with Crippen LogP contribution >= 0.6 is 0 Å². The lowest BCUT2D eigenvalue weighted by atomic mass is 10.0. The summed E-state index contributed by atoms with van der Waals surface area (Å²) >= 11 is 0. The molecule has 2 heteroatoms. The summed E-state index contributed by atoms with van der Waals surface area (Å²) in [5, 5.41) is 12.9. The molecule has 2 aromatic carbocycles. The number of phenols is 1. The Hall–Kier alpha value is -1.96. The van der Waals surface area contributed by atoms with Gasteiger partial charge in [-0.3, -0.25) is 0 Å². The van der Waals surface area contributed by atoms with E-state index in [1.165, 1.54) is 11.1 Å². The van der Waals surface area contributed by atoms with Crippen LogP contribution in [0, 0.1) is 13.8 Å². The largest absolute Gasteiger partial charge is 0.508 e. The van der Waals surface area contributed by atoms with Gasteiger partial charge in [0, 0.05) is 11.7 Å². The normalized spacial score (nSPS) is 12.2. The van der Waals surface area contributed by atoms with Gasteiger partial charge in [-0.15, -0.1) is 0 Å². The Kier molecular flexibility index (Phi) is 4.67. The summed E-state index contributed by atoms with van der Waals surface area (Å²) < 4.78 is 0. The minimum atomic E-state index is 0.320. The lowest BCUT2D eigenvalue weighted by Gasteiger charge is -2.17. The highest BCUT2D eigenvalue weighted by Crippen LogP contribution is 2.21. The van der Waals surface area contributed by atoms with Crippen LogP contribution in [0.5, 0.6) is 5.75 Å². The molecule has 0 aliphatic carbocycles. The third-order valence-electron chi connectivity index (χ3n) is 3.56. The molecule has 2 nitrogen and oxygen atoms in total. The smallest absolute Gasteiger partial charge is 0.115 e. The van der Waals surface area contributed by atoms with Crippen molar-refractivity contribution < 1.29 is 5.11 Å². The molecular formula is C18H23NO. The molecule has 0 fully saturated rings. The Balaban J connectivity index is 1.90. The van der Waals surface area contributed by atoms with Crippen LogP contribution in [0.2, 0.25) is 0 Å². The third-order valence-corrected chi connectivity index (χ3v) is 3.56. The Morgan fingerprint density at radius 2 is 1.90 bits per heavy atom. The molecule has 106 valence electrons. The van der Waals surface area contributed by atoms with Gasteiger partial charge in [-0.2, -0.15) is 0 Å². The van der Waals surface area contributed by atoms with E-state index in [0.717, 1.165) is 24.1 Å². The first-order valence-electron chi connectivity index (χ1n) is 7.16. The first-order chi connectivity index (χ1) is 9.54. The first-order valence-corrected chi connectivity index (χ1v) is 7.16. The summed E-state index contributed by atoms with van der Waals surface area (Å²) in [6.45, 7) is 6.34. The molecule has 0 bridgehead atoms. The van der Waals surface area contributed by atoms with Crippen molar-refractivity contribution in [3.63, 3.8) is 0 Å². The second-order valence-electron chi connectivity index (χ2n) is 5.57. The second-order valence-corrected chi connectivity index (χ2v) is 5.57. The molecule has 0 aliphatic rings. The monoisotopic (exact) mass is 269 g/mol. The van der Waals surface area contributed by atoms with Gasteiger partial charge >= 0.3 is 0 Å². The van der Waals surface area contributed by atoms with Crippen LogP contribution in [0.3, 0.4) is 0 Å². The highest BCUT2D eigenvalue weighted by molar-refractivity contribution is 5.53. The summed E-state index contributed by atoms with van der Waals surface area (Å²) in [4.78, 5) is 0. The third kappa shape index (κ3) is 4.02. The Morgan fingerprint density at radius 1 is 1.10 bits per heavy atom. The molecule has 0 aromatic heterocycles. The molecule has 0 heterocycles. The minimum Gasteiger partial charge on any atom is -0.508 e. The predicted octanol–water partition coefficient (Wildman–Crippen LogP) is 4.44. The number of anilines is 1. The summed E-state index contributed by atoms with van der Waals surface area (Å²) in [7, 11) is 0. The van der Waals surface area contributed by atoms with E-state index in [9.17, 15) is 5.11 Å². The zero-order valence-electron chi connectivity index (χ0n) is 12.5. The van der Waals surface area contributed by atoms with E-state index in [1.54, 1.807) is 12.1 Å². The number of nitrogens with one attached hydrogen (secondary N) is 1. The fourth-order valence-corrected chi connectivity index (χ4v) is 2.40. The minimum absolute atomic E-state index is 0.320. The van der Waals surface area contributed by atoms with Gasteiger partial charge in [0.1, 0.15) is 5.75 Å². The molecule has 2 rings (SSSR count). The van der Waals surface area contributed by atoms with Crippen molar-refractivity contribution in [3.8, 4) is 5.75 Å². The molecule has 2 N–H and O–H groups in total. The summed E-state index contributed by atoms with van der Waals surface area (Å²) in [6.07, 6.45) is 2.16. The van der Waals surface area contributed by atoms with Crippen LogP contribution in [0.4, 0.5) is 5.69 Å². The van der Waals surface area contributed by atoms with Gasteiger partial charge in [0.2, 0.25) is 0 Å². The molecule has 0 saturated heterocycles. The zero-order chi connectivity index (χ0) is 14.5. The lowest BCUT2D eigenvalue weighted by Crippen LogP contribution is -2.16. The van der Waals surface area contributed by atoms with Gasteiger partial charge in [0.25, 0.3) is 0 Å². The quantitative estimate of drug-likeness (QED) is 0.786. The molecule has 20 heavy (non-hydrogen) atoms. The SMILES string of the molecule is Cc1cccc(CCC(C)Nc2ccc(O)cc2C)c1. The van der Waals surface area contributed by atoms with E-state index in [2.05, 4.69) is 43.4 Å². The van der Waals surface area contributed by atoms with Crippen molar-refractivity contribution >= 4 is 5.69 Å². The van der Waals surface area contributed by atoms with Crippen molar-refractivity contribution in [3.05, 3.63) is 59.2 Å². The van der Waals surface area contributed by atoms with Gasteiger partial charge < -0.3 is 10.4 Å². The summed E-state index contributed by atoms with van der Waals surface area (Å²) in [5.41, 5.74) is 4.88. The van der Waals surface area contributed by atoms with Gasteiger partial charge in [0.15, 0.2) is 0 Å². The summed E-state index contributed by atoms with van der Waals surface area (Å²) in [5.74, 6) is 0.320. The van der Waals surface area contributed by atoms with Gasteiger partial charge in [-0.1, -0.05) is 29.8 Å². The van der Waals surface area contributed by atoms with E-state index < -0.39 is 0 Å². The maximum Gasteiger partial charge on any atom is 0.115 e. The molecule has 1 atom stereocenters. The van der Waals surface area contributed by atoms with Gasteiger partial charge in [-0.05, 0) is 62.9 Å². The van der Waals surface area contributed by atoms with Gasteiger partial charge in [-0.25, -0.2) is 0 Å². The first kappa shape index (κ1) is 14.4. The summed E-state index contributed by atoms with van der Waals surface area (Å²) in [6, 6.07) is 14.5. The van der Waals surface area contributed by atoms with Crippen molar-refractivity contribution in [2.45, 2.75) is 39.7 Å². The Labute approximate surface area is 121 Å². The predicted molar refractivity (Wildman–Crippen MR) is 85.4 cm³/mol. The molecule has 0 spiro atoms. The molecule has 1 unspecified atom stereocenters. The number of aryl methyl sites for hydroxylation is 3. The topological polar surface area (TPSA) is 32.3 Å². The van der Waals surface area contributed by atoms with E-state index in [0.29, 0.717) is 11.8 Å². The number of aromatic hydroxyl groups is 1. The van der Waals surface area contributed by atoms with Crippen LogP contribution in [-0.4, -0.2) is 11.1 Å². The highest BCUT2D eigenvalue weighted by atomic mass is 16.3. The van der Waals surface area contributed by atoms with Crippen molar-refractivity contribution in [1.29, 1.82) is 0 Å². The van der Waals surface area contributed by atoms with Crippen LogP contribution in [-0.2, 0) is 6.42 Å². The zero-order valence-corrected chi connectivity index (χ0v) is 12.5. The van der Waals surface area contributed by atoms with E-state index in [4.69, 9.17) is 0 Å². The van der Waals surface area contributed by atoms with E-state index >= 15 is 0 Å². The van der Waals surface area contributed by atoms with Crippen molar-refractivity contribution in [2.75, 3.05) is 5.32 Å². The van der Waals surface area contributed by atoms with Crippen LogP contribution in [0.1, 0.15) is 30.0 Å². The molecule has 0 saturated carbocycles. The van der Waals surface area contributed by atoms with Crippen LogP contribution in [0.25, 0.3) is 0 Å². The highest BCUT2D eigenvalue weighted by Gasteiger charge is 2.05. The number of phenolic OH excluding ortho intramolecular Hbond substituents is 1. The molecule has 0 radical (unpaired) electrons. The fraction of sp³-hybridized carbons (Fsp3) is 0.333. The average Bonchev–Trinajstić information content (AvgIpc) is 2.40. The number of hydrogen-bond donors (Lipinski definition) is 2. The van der Waals surface area contributed by atoms with Crippen molar-refractivity contribution in [1.82, 2.24) is 0 Å². The van der Waals surface area contributed by atoms with Crippen LogP contribution in [0.15, 0.2) is 42.5 Å². The van der Waals surface area contributed by atoms with E-state index in [1.807, 2.05) is 13.0 Å². The van der Waals surface area contributed by atoms with Gasteiger partial charge in [0.05, 0.1) is 0 Å². The second kappa shape index (κ2) is 6.47. The average molecular weight is 269 g/mol. The fourth-order valence-electron chi connectivity index (χ4n) is 2.40. The molecular weight excluding hydrogens is 246 g/mol. The maximum absolute atomic E-state index is 9.42.